The average Bonchev–Trinajstić information content (AvgIpc) is 2.29. The molecule has 0 saturated carbocycles. The van der Waals surface area contributed by atoms with E-state index in [2.05, 4.69) is 0 Å². The van der Waals surface area contributed by atoms with Gasteiger partial charge in [0.25, 0.3) is 0 Å². The van der Waals surface area contributed by atoms with Crippen molar-refractivity contribution in [2.75, 3.05) is 0 Å². The van der Waals surface area contributed by atoms with Gasteiger partial charge in [0.2, 0.25) is 0 Å². The van der Waals surface area contributed by atoms with Crippen LogP contribution in [-0.4, -0.2) is 19.7 Å². The molecule has 0 N–H and O–H groups in total. The van der Waals surface area contributed by atoms with Crippen LogP contribution in [0, 0.1) is 0 Å². The molecule has 0 bridgehead atoms. The molecule has 0 aliphatic rings. The first-order valence-corrected chi connectivity index (χ1v) is 9.51. The second-order valence-electron chi connectivity index (χ2n) is 3.29. The van der Waals surface area contributed by atoms with Gasteiger partial charge in [-0.25, -0.2) is 0 Å². The molecule has 16 heavy (non-hydrogen) atoms. The Morgan fingerprint density at radius 3 is 1.50 bits per heavy atom. The molecule has 0 atom stereocenters. The van der Waals surface area contributed by atoms with E-state index in [0.29, 0.717) is 10.0 Å². The average molecular weight is 358 g/mol. The Balaban J connectivity index is 2.48. The fourth-order valence-corrected chi connectivity index (χ4v) is 6.81. The summed E-state index contributed by atoms with van der Waals surface area (Å²) in [7, 11) is 0. The maximum atomic E-state index is 12.4. The van der Waals surface area contributed by atoms with E-state index >= 15 is 0 Å². The van der Waals surface area contributed by atoms with Gasteiger partial charge in [0, 0.05) is 0 Å². The van der Waals surface area contributed by atoms with E-state index in [9.17, 15) is 3.08 Å². The van der Waals surface area contributed by atoms with Crippen LogP contribution in [0.4, 0.5) is 0 Å². The second-order valence-corrected chi connectivity index (χ2v) is 9.06. The van der Waals surface area contributed by atoms with Crippen LogP contribution in [0.1, 0.15) is 0 Å². The molecule has 0 aromatic heterocycles. The number of hydrogen-bond acceptors (Lipinski definition) is 1. The van der Waals surface area contributed by atoms with Crippen LogP contribution in [-0.2, 0) is 3.08 Å². The second kappa shape index (κ2) is 5.30. The summed E-state index contributed by atoms with van der Waals surface area (Å²) in [5, 5.41) is 1.12. The van der Waals surface area contributed by atoms with Gasteiger partial charge in [-0.2, -0.15) is 0 Å². The molecule has 1 nitrogen and oxygen atoms in total. The van der Waals surface area contributed by atoms with E-state index < -0.39 is 19.7 Å². The summed E-state index contributed by atoms with van der Waals surface area (Å²) < 4.78 is 13.9. The molecule has 0 spiro atoms. The summed E-state index contributed by atoms with van der Waals surface area (Å²) in [6.45, 7) is 0. The Kier molecular flexibility index (Phi) is 4.00. The zero-order valence-corrected chi connectivity index (χ0v) is 12.6. The predicted octanol–water partition coefficient (Wildman–Crippen LogP) is 2.53. The molecular weight excluding hydrogens is 350 g/mol. The fraction of sp³-hybridized carbons (Fsp3) is 0. The standard InChI is InChI=1S/2C6H4Cl.O.Sn/c2*7-6-4-2-1-3-5-6;;/h2*1-4H;;. The third-order valence-electron chi connectivity index (χ3n) is 2.24. The molecule has 0 aliphatic carbocycles. The van der Waals surface area contributed by atoms with Crippen molar-refractivity contribution in [2.24, 2.45) is 0 Å². The molecule has 0 unspecified atom stereocenters. The molecule has 2 aromatic carbocycles. The summed E-state index contributed by atoms with van der Waals surface area (Å²) in [4.78, 5) is 0. The van der Waals surface area contributed by atoms with Crippen molar-refractivity contribution in [3.63, 3.8) is 0 Å². The van der Waals surface area contributed by atoms with Crippen molar-refractivity contribution >= 4 is 50.1 Å². The molecule has 0 amide bonds. The van der Waals surface area contributed by atoms with Crippen LogP contribution in [0.2, 0.25) is 10.0 Å². The van der Waals surface area contributed by atoms with E-state index in [-0.39, 0.29) is 0 Å². The first-order chi connectivity index (χ1) is 7.70. The third kappa shape index (κ3) is 2.47. The van der Waals surface area contributed by atoms with Gasteiger partial charge < -0.3 is 0 Å². The van der Waals surface area contributed by atoms with Gasteiger partial charge >= 0.3 is 112 Å². The summed E-state index contributed by atoms with van der Waals surface area (Å²) in [6.07, 6.45) is 0. The Morgan fingerprint density at radius 2 is 1.12 bits per heavy atom. The molecule has 0 saturated heterocycles. The van der Waals surface area contributed by atoms with Crippen molar-refractivity contribution in [2.45, 2.75) is 0 Å². The van der Waals surface area contributed by atoms with Crippen LogP contribution in [0.3, 0.4) is 0 Å². The molecule has 0 radical (unpaired) electrons. The molecular formula is C12H8Cl2OSn. The monoisotopic (exact) mass is 358 g/mol. The van der Waals surface area contributed by atoms with Crippen molar-refractivity contribution in [1.29, 1.82) is 0 Å². The SMILES string of the molecule is [O]=[Sn]([c]1ccccc1Cl)[c]1ccccc1Cl. The molecule has 0 heterocycles. The minimum absolute atomic E-state index is 0.562. The summed E-state index contributed by atoms with van der Waals surface area (Å²) in [6, 6.07) is 14.5. The van der Waals surface area contributed by atoms with E-state index in [4.69, 9.17) is 23.2 Å². The first kappa shape index (κ1) is 12.1. The van der Waals surface area contributed by atoms with Gasteiger partial charge in [-0.1, -0.05) is 0 Å². The zero-order valence-electron chi connectivity index (χ0n) is 8.28. The Morgan fingerprint density at radius 1 is 0.750 bits per heavy atom. The third-order valence-corrected chi connectivity index (χ3v) is 9.08. The molecule has 4 heteroatoms. The zero-order chi connectivity index (χ0) is 11.5. The Labute approximate surface area is 111 Å². The summed E-state index contributed by atoms with van der Waals surface area (Å²) >= 11 is 8.93. The van der Waals surface area contributed by atoms with E-state index in [1.54, 1.807) is 12.1 Å². The van der Waals surface area contributed by atoms with Crippen LogP contribution in [0.5, 0.6) is 0 Å². The topological polar surface area (TPSA) is 17.1 Å². The molecule has 2 aromatic rings. The molecule has 0 fully saturated rings. The Bertz CT molecular complexity index is 493. The van der Waals surface area contributed by atoms with E-state index in [0.717, 1.165) is 7.16 Å². The predicted molar refractivity (Wildman–Crippen MR) is 68.6 cm³/mol. The van der Waals surface area contributed by atoms with Gasteiger partial charge in [-0.15, -0.1) is 0 Å². The van der Waals surface area contributed by atoms with Gasteiger partial charge in [0.05, 0.1) is 0 Å². The minimum atomic E-state index is -3.12. The molecule has 0 aliphatic heterocycles. The quantitative estimate of drug-likeness (QED) is 0.755. The molecule has 2 rings (SSSR count). The first-order valence-electron chi connectivity index (χ1n) is 4.74. The number of benzene rings is 2. The Hall–Kier alpha value is -0.381. The van der Waals surface area contributed by atoms with Gasteiger partial charge in [-0.05, 0) is 0 Å². The van der Waals surface area contributed by atoms with E-state index in [1.807, 2.05) is 36.4 Å². The maximum absolute atomic E-state index is 12.4. The van der Waals surface area contributed by atoms with Gasteiger partial charge in [0.1, 0.15) is 0 Å². The van der Waals surface area contributed by atoms with Gasteiger partial charge in [-0.3, -0.25) is 0 Å². The number of halogens is 2. The fourth-order valence-electron chi connectivity index (χ4n) is 1.44. The van der Waals surface area contributed by atoms with Crippen molar-refractivity contribution in [3.05, 3.63) is 58.6 Å². The van der Waals surface area contributed by atoms with E-state index in [1.165, 1.54) is 0 Å². The van der Waals surface area contributed by atoms with Crippen LogP contribution in [0.15, 0.2) is 48.5 Å². The van der Waals surface area contributed by atoms with Gasteiger partial charge in [0.15, 0.2) is 0 Å². The van der Waals surface area contributed by atoms with Crippen LogP contribution >= 0.6 is 23.2 Å². The summed E-state index contributed by atoms with van der Waals surface area (Å²) in [5.41, 5.74) is 0. The van der Waals surface area contributed by atoms with Crippen molar-refractivity contribution in [3.8, 4) is 0 Å². The van der Waals surface area contributed by atoms with Crippen LogP contribution in [0.25, 0.3) is 0 Å². The normalized spacial score (nSPS) is 10.1. The molecule has 80 valence electrons. The van der Waals surface area contributed by atoms with Crippen molar-refractivity contribution < 1.29 is 3.08 Å². The number of rotatable bonds is 2. The van der Waals surface area contributed by atoms with Crippen LogP contribution < -0.4 is 7.16 Å². The number of hydrogen-bond donors (Lipinski definition) is 0. The summed E-state index contributed by atoms with van der Waals surface area (Å²) in [5.74, 6) is 0. The van der Waals surface area contributed by atoms with Crippen molar-refractivity contribution in [1.82, 2.24) is 0 Å².